The first-order valence-corrected chi connectivity index (χ1v) is 7.50. The minimum Gasteiger partial charge on any atom is -0.466 e. The summed E-state index contributed by atoms with van der Waals surface area (Å²) in [5.41, 5.74) is 0. The van der Waals surface area contributed by atoms with Gasteiger partial charge in [-0.25, -0.2) is 0 Å². The average molecular weight is 295 g/mol. The number of likely N-dealkylation sites (tertiary alicyclic amines) is 1. The molecule has 2 amide bonds. The number of amides is 2. The summed E-state index contributed by atoms with van der Waals surface area (Å²) in [6, 6.07) is 0. The molecule has 1 saturated heterocycles. The Hall–Kier alpha value is -1.72. The molecule has 0 spiro atoms. The van der Waals surface area contributed by atoms with Crippen molar-refractivity contribution in [2.45, 2.75) is 39.5 Å². The Bertz CT molecular complexity index is 449. The van der Waals surface area contributed by atoms with Gasteiger partial charge in [0, 0.05) is 0 Å². The van der Waals surface area contributed by atoms with Crippen molar-refractivity contribution in [2.24, 2.45) is 17.8 Å². The van der Waals surface area contributed by atoms with E-state index in [2.05, 4.69) is 11.7 Å². The summed E-state index contributed by atoms with van der Waals surface area (Å²) in [6.07, 6.45) is 2.04. The molecule has 1 aliphatic carbocycles. The molecule has 2 fully saturated rings. The fourth-order valence-corrected chi connectivity index (χ4v) is 3.29. The largest absolute Gasteiger partial charge is 0.466 e. The predicted octanol–water partition coefficient (Wildman–Crippen LogP) is 0.930. The van der Waals surface area contributed by atoms with Crippen LogP contribution in [-0.2, 0) is 23.9 Å². The number of imide groups is 1. The van der Waals surface area contributed by atoms with E-state index in [-0.39, 0.29) is 36.8 Å². The Morgan fingerprint density at radius 2 is 1.71 bits per heavy atom. The van der Waals surface area contributed by atoms with E-state index in [1.807, 2.05) is 0 Å². The number of carbonyl (C=O) groups excluding carboxylic acids is 4. The molecule has 2 rings (SSSR count). The minimum atomic E-state index is -0.618. The Morgan fingerprint density at radius 3 is 2.19 bits per heavy atom. The van der Waals surface area contributed by atoms with E-state index in [1.54, 1.807) is 6.92 Å². The normalized spacial score (nSPS) is 27.9. The molecule has 0 bridgehead atoms. The topological polar surface area (TPSA) is 80.8 Å². The number of ether oxygens (including phenoxy) is 1. The van der Waals surface area contributed by atoms with Gasteiger partial charge in [-0.2, -0.15) is 0 Å². The SMILES string of the molecule is CCOC(=O)CC(=O)CN1C(=O)C2CC(CC)CC2C1=O. The van der Waals surface area contributed by atoms with E-state index < -0.39 is 18.2 Å². The van der Waals surface area contributed by atoms with Crippen molar-refractivity contribution in [3.8, 4) is 0 Å². The zero-order valence-electron chi connectivity index (χ0n) is 12.5. The zero-order valence-corrected chi connectivity index (χ0v) is 12.5. The molecule has 2 atom stereocenters. The van der Waals surface area contributed by atoms with Crippen molar-refractivity contribution in [2.75, 3.05) is 13.2 Å². The van der Waals surface area contributed by atoms with Crippen molar-refractivity contribution >= 4 is 23.6 Å². The molecule has 21 heavy (non-hydrogen) atoms. The highest BCUT2D eigenvalue weighted by molar-refractivity contribution is 6.09. The fraction of sp³-hybridized carbons (Fsp3) is 0.733. The van der Waals surface area contributed by atoms with Crippen LogP contribution in [0.15, 0.2) is 0 Å². The lowest BCUT2D eigenvalue weighted by Gasteiger charge is -2.16. The van der Waals surface area contributed by atoms with Gasteiger partial charge in [-0.1, -0.05) is 13.3 Å². The van der Waals surface area contributed by atoms with Crippen molar-refractivity contribution in [1.82, 2.24) is 4.90 Å². The second-order valence-electron chi connectivity index (χ2n) is 5.74. The van der Waals surface area contributed by atoms with E-state index in [0.717, 1.165) is 24.2 Å². The molecule has 0 N–H and O–H groups in total. The second kappa shape index (κ2) is 6.37. The van der Waals surface area contributed by atoms with Crippen LogP contribution in [0, 0.1) is 17.8 Å². The lowest BCUT2D eigenvalue weighted by atomic mass is 10.00. The highest BCUT2D eigenvalue weighted by Gasteiger charge is 2.52. The first kappa shape index (κ1) is 15.7. The first-order chi connectivity index (χ1) is 9.97. The van der Waals surface area contributed by atoms with Gasteiger partial charge >= 0.3 is 5.97 Å². The molecule has 1 aliphatic heterocycles. The summed E-state index contributed by atoms with van der Waals surface area (Å²) in [5, 5.41) is 0. The van der Waals surface area contributed by atoms with Crippen LogP contribution < -0.4 is 0 Å². The van der Waals surface area contributed by atoms with Crippen LogP contribution >= 0.6 is 0 Å². The highest BCUT2D eigenvalue weighted by Crippen LogP contribution is 2.44. The van der Waals surface area contributed by atoms with E-state index >= 15 is 0 Å². The Labute approximate surface area is 123 Å². The van der Waals surface area contributed by atoms with Crippen LogP contribution in [0.1, 0.15) is 39.5 Å². The number of ketones is 1. The Balaban J connectivity index is 1.94. The van der Waals surface area contributed by atoms with Gasteiger partial charge in [0.1, 0.15) is 6.42 Å². The van der Waals surface area contributed by atoms with Gasteiger partial charge in [0.05, 0.1) is 25.0 Å². The maximum absolute atomic E-state index is 12.2. The van der Waals surface area contributed by atoms with E-state index in [1.165, 1.54) is 0 Å². The van der Waals surface area contributed by atoms with Crippen LogP contribution in [0.3, 0.4) is 0 Å². The monoisotopic (exact) mass is 295 g/mol. The van der Waals surface area contributed by atoms with Gasteiger partial charge in [0.25, 0.3) is 0 Å². The van der Waals surface area contributed by atoms with Gasteiger partial charge in [-0.3, -0.25) is 24.1 Å². The van der Waals surface area contributed by atoms with Crippen LogP contribution in [0.2, 0.25) is 0 Å². The number of hydrogen-bond donors (Lipinski definition) is 0. The molecule has 6 nitrogen and oxygen atoms in total. The van der Waals surface area contributed by atoms with Crippen LogP contribution in [0.4, 0.5) is 0 Å². The summed E-state index contributed by atoms with van der Waals surface area (Å²) >= 11 is 0. The fourth-order valence-electron chi connectivity index (χ4n) is 3.29. The molecular formula is C15H21NO5. The van der Waals surface area contributed by atoms with Gasteiger partial charge in [0.2, 0.25) is 11.8 Å². The van der Waals surface area contributed by atoms with Crippen LogP contribution in [0.25, 0.3) is 0 Å². The van der Waals surface area contributed by atoms with Crippen molar-refractivity contribution in [1.29, 1.82) is 0 Å². The average Bonchev–Trinajstić information content (AvgIpc) is 2.95. The Morgan fingerprint density at radius 1 is 1.14 bits per heavy atom. The van der Waals surface area contributed by atoms with Crippen molar-refractivity contribution in [3.63, 3.8) is 0 Å². The maximum atomic E-state index is 12.2. The number of carbonyl (C=O) groups is 4. The van der Waals surface area contributed by atoms with E-state index in [9.17, 15) is 19.2 Å². The third-order valence-corrected chi connectivity index (χ3v) is 4.39. The van der Waals surface area contributed by atoms with E-state index in [4.69, 9.17) is 0 Å². The molecule has 0 aromatic rings. The number of esters is 1. The number of Topliss-reactive ketones (excluding diaryl/α,β-unsaturated/α-hetero) is 1. The smallest absolute Gasteiger partial charge is 0.313 e. The van der Waals surface area contributed by atoms with Crippen LogP contribution in [-0.4, -0.2) is 41.6 Å². The molecule has 0 aromatic heterocycles. The number of rotatable bonds is 6. The molecule has 0 radical (unpaired) electrons. The van der Waals surface area contributed by atoms with E-state index in [0.29, 0.717) is 5.92 Å². The highest BCUT2D eigenvalue weighted by atomic mass is 16.5. The van der Waals surface area contributed by atoms with Gasteiger partial charge in [0.15, 0.2) is 5.78 Å². The summed E-state index contributed by atoms with van der Waals surface area (Å²) < 4.78 is 4.69. The minimum absolute atomic E-state index is 0.205. The zero-order chi connectivity index (χ0) is 15.6. The van der Waals surface area contributed by atoms with Crippen molar-refractivity contribution in [3.05, 3.63) is 0 Å². The predicted molar refractivity (Wildman–Crippen MR) is 73.0 cm³/mol. The lowest BCUT2D eigenvalue weighted by molar-refractivity contribution is -0.149. The molecule has 1 heterocycles. The molecule has 2 aliphatic rings. The standard InChI is InChI=1S/C15H21NO5/c1-3-9-5-11-12(6-9)15(20)16(14(11)19)8-10(17)7-13(18)21-4-2/h9,11-12H,3-8H2,1-2H3. The lowest BCUT2D eigenvalue weighted by Crippen LogP contribution is -2.37. The summed E-state index contributed by atoms with van der Waals surface area (Å²) in [7, 11) is 0. The molecule has 2 unspecified atom stereocenters. The molecule has 1 saturated carbocycles. The van der Waals surface area contributed by atoms with Crippen LogP contribution in [0.5, 0.6) is 0 Å². The molecular weight excluding hydrogens is 274 g/mol. The van der Waals surface area contributed by atoms with Gasteiger partial charge in [-0.05, 0) is 25.7 Å². The number of nitrogens with zero attached hydrogens (tertiary/aromatic N) is 1. The first-order valence-electron chi connectivity index (χ1n) is 7.50. The second-order valence-corrected chi connectivity index (χ2v) is 5.74. The number of hydrogen-bond acceptors (Lipinski definition) is 5. The van der Waals surface area contributed by atoms with Gasteiger partial charge < -0.3 is 4.74 Å². The Kier molecular flexibility index (Phi) is 4.75. The summed E-state index contributed by atoms with van der Waals surface area (Å²) in [4.78, 5) is 48.5. The summed E-state index contributed by atoms with van der Waals surface area (Å²) in [5.74, 6) is -1.69. The molecule has 0 aromatic carbocycles. The molecule has 116 valence electrons. The van der Waals surface area contributed by atoms with Crippen molar-refractivity contribution < 1.29 is 23.9 Å². The van der Waals surface area contributed by atoms with Gasteiger partial charge in [-0.15, -0.1) is 0 Å². The third-order valence-electron chi connectivity index (χ3n) is 4.39. The third kappa shape index (κ3) is 3.14. The number of fused-ring (bicyclic) bond motifs is 1. The maximum Gasteiger partial charge on any atom is 0.313 e. The summed E-state index contributed by atoms with van der Waals surface area (Å²) in [6.45, 7) is 3.61. The quantitative estimate of drug-likeness (QED) is 0.414. The molecule has 6 heteroatoms.